The molecule has 0 spiro atoms. The van der Waals surface area contributed by atoms with Crippen LogP contribution in [-0.2, 0) is 20.1 Å². The summed E-state index contributed by atoms with van der Waals surface area (Å²) in [5.74, 6) is 0.651. The van der Waals surface area contributed by atoms with Gasteiger partial charge in [0.2, 0.25) is 0 Å². The molecule has 6 nitrogen and oxygen atoms in total. The van der Waals surface area contributed by atoms with Crippen LogP contribution in [0.1, 0.15) is 21.8 Å². The number of rotatable bonds is 5. The summed E-state index contributed by atoms with van der Waals surface area (Å²) in [6.45, 7) is 0.882. The molecule has 0 saturated heterocycles. The van der Waals surface area contributed by atoms with E-state index in [1.165, 1.54) is 0 Å². The lowest BCUT2D eigenvalue weighted by molar-refractivity contribution is 0.0706. The lowest BCUT2D eigenvalue weighted by Crippen LogP contribution is -2.31. The van der Waals surface area contributed by atoms with Crippen molar-refractivity contribution in [3.8, 4) is 0 Å². The van der Waals surface area contributed by atoms with E-state index in [1.807, 2.05) is 24.3 Å². The molecule has 22 heavy (non-hydrogen) atoms. The van der Waals surface area contributed by atoms with Gasteiger partial charge in [0.05, 0.1) is 12.8 Å². The monoisotopic (exact) mass is 296 g/mol. The zero-order valence-electron chi connectivity index (χ0n) is 12.2. The third-order valence-electron chi connectivity index (χ3n) is 3.38. The molecule has 0 unspecified atom stereocenters. The lowest BCUT2D eigenvalue weighted by Gasteiger charge is -2.21. The number of carbonyl (C=O) groups excluding carboxylic acids is 1. The molecule has 3 aromatic rings. The Morgan fingerprint density at radius 3 is 2.64 bits per heavy atom. The van der Waals surface area contributed by atoms with Crippen molar-refractivity contribution in [1.82, 2.24) is 19.7 Å². The van der Waals surface area contributed by atoms with Gasteiger partial charge in [-0.25, -0.2) is 0 Å². The summed E-state index contributed by atoms with van der Waals surface area (Å²) in [5, 5.41) is 4.06. The Balaban J connectivity index is 1.85. The van der Waals surface area contributed by atoms with Gasteiger partial charge in [-0.3, -0.25) is 14.5 Å². The van der Waals surface area contributed by atoms with Crippen molar-refractivity contribution in [3.05, 3.63) is 72.2 Å². The highest BCUT2D eigenvalue weighted by atomic mass is 16.3. The Bertz CT molecular complexity index is 735. The van der Waals surface area contributed by atoms with E-state index in [9.17, 15) is 4.79 Å². The maximum absolute atomic E-state index is 12.8. The Hall–Kier alpha value is -2.89. The zero-order chi connectivity index (χ0) is 15.4. The summed E-state index contributed by atoms with van der Waals surface area (Å²) in [6.07, 6.45) is 6.66. The molecule has 0 radical (unpaired) electrons. The molecule has 3 rings (SSSR count). The molecule has 0 aromatic carbocycles. The molecule has 6 heteroatoms. The smallest absolute Gasteiger partial charge is 0.272 e. The third-order valence-corrected chi connectivity index (χ3v) is 3.38. The molecule has 1 amide bonds. The van der Waals surface area contributed by atoms with Gasteiger partial charge in [-0.1, -0.05) is 0 Å². The van der Waals surface area contributed by atoms with E-state index < -0.39 is 0 Å². The van der Waals surface area contributed by atoms with E-state index in [2.05, 4.69) is 10.1 Å². The van der Waals surface area contributed by atoms with Gasteiger partial charge in [-0.05, 0) is 35.9 Å². The second kappa shape index (κ2) is 6.26. The van der Waals surface area contributed by atoms with Gasteiger partial charge in [0.15, 0.2) is 0 Å². The average molecular weight is 296 g/mol. The highest BCUT2D eigenvalue weighted by Crippen LogP contribution is 2.14. The first-order valence-corrected chi connectivity index (χ1v) is 6.92. The number of nitrogens with zero attached hydrogens (tertiary/aromatic N) is 4. The van der Waals surface area contributed by atoms with Gasteiger partial charge in [0, 0.05) is 32.2 Å². The standard InChI is InChI=1S/C16H16N4O2/c1-19-15(6-9-18-19)16(21)20(12-14-3-2-10-22-14)11-13-4-7-17-8-5-13/h2-10H,11-12H2,1H3. The van der Waals surface area contributed by atoms with Crippen LogP contribution >= 0.6 is 0 Å². The van der Waals surface area contributed by atoms with Gasteiger partial charge in [-0.2, -0.15) is 5.10 Å². The number of hydrogen-bond donors (Lipinski definition) is 0. The number of pyridine rings is 1. The Labute approximate surface area is 128 Å². The van der Waals surface area contributed by atoms with Crippen LogP contribution in [0.15, 0.2) is 59.6 Å². The molecular formula is C16H16N4O2. The van der Waals surface area contributed by atoms with Crippen molar-refractivity contribution < 1.29 is 9.21 Å². The van der Waals surface area contributed by atoms with Crippen LogP contribution in [0.3, 0.4) is 0 Å². The van der Waals surface area contributed by atoms with E-state index >= 15 is 0 Å². The first kappa shape index (κ1) is 14.1. The lowest BCUT2D eigenvalue weighted by atomic mass is 10.2. The van der Waals surface area contributed by atoms with Crippen molar-refractivity contribution in [2.45, 2.75) is 13.1 Å². The van der Waals surface area contributed by atoms with E-state index in [-0.39, 0.29) is 5.91 Å². The van der Waals surface area contributed by atoms with Gasteiger partial charge in [-0.15, -0.1) is 0 Å². The van der Waals surface area contributed by atoms with Crippen LogP contribution in [0.25, 0.3) is 0 Å². The van der Waals surface area contributed by atoms with Crippen LogP contribution in [-0.4, -0.2) is 25.6 Å². The van der Waals surface area contributed by atoms with Crippen LogP contribution in [0.5, 0.6) is 0 Å². The molecule has 0 atom stereocenters. The molecular weight excluding hydrogens is 280 g/mol. The van der Waals surface area contributed by atoms with E-state index in [1.54, 1.807) is 47.5 Å². The summed E-state index contributed by atoms with van der Waals surface area (Å²) in [5.41, 5.74) is 1.55. The van der Waals surface area contributed by atoms with E-state index in [0.29, 0.717) is 18.8 Å². The number of hydrogen-bond acceptors (Lipinski definition) is 4. The van der Waals surface area contributed by atoms with Gasteiger partial charge < -0.3 is 9.32 Å². The first-order chi connectivity index (χ1) is 10.7. The molecule has 0 bridgehead atoms. The predicted molar refractivity (Wildman–Crippen MR) is 79.7 cm³/mol. The number of aromatic nitrogens is 3. The van der Waals surface area contributed by atoms with Gasteiger partial charge >= 0.3 is 0 Å². The van der Waals surface area contributed by atoms with Gasteiger partial charge in [0.1, 0.15) is 11.5 Å². The Morgan fingerprint density at radius 1 is 1.18 bits per heavy atom. The van der Waals surface area contributed by atoms with E-state index in [0.717, 1.165) is 11.3 Å². The van der Waals surface area contributed by atoms with Crippen LogP contribution in [0.2, 0.25) is 0 Å². The van der Waals surface area contributed by atoms with Crippen LogP contribution in [0.4, 0.5) is 0 Å². The fourth-order valence-corrected chi connectivity index (χ4v) is 2.24. The zero-order valence-corrected chi connectivity index (χ0v) is 12.2. The molecule has 0 aliphatic rings. The van der Waals surface area contributed by atoms with Crippen molar-refractivity contribution in [1.29, 1.82) is 0 Å². The van der Waals surface area contributed by atoms with Crippen molar-refractivity contribution >= 4 is 5.91 Å². The molecule has 0 aliphatic carbocycles. The number of amides is 1. The number of carbonyl (C=O) groups is 1. The second-order valence-electron chi connectivity index (χ2n) is 4.94. The summed E-state index contributed by atoms with van der Waals surface area (Å²) in [4.78, 5) is 18.5. The highest BCUT2D eigenvalue weighted by molar-refractivity contribution is 5.92. The predicted octanol–water partition coefficient (Wildman–Crippen LogP) is 2.25. The number of aryl methyl sites for hydroxylation is 1. The van der Waals surface area contributed by atoms with Crippen LogP contribution < -0.4 is 0 Å². The summed E-state index contributed by atoms with van der Waals surface area (Å²) in [6, 6.07) is 9.17. The maximum Gasteiger partial charge on any atom is 0.272 e. The molecule has 0 N–H and O–H groups in total. The summed E-state index contributed by atoms with van der Waals surface area (Å²) >= 11 is 0. The fourth-order valence-electron chi connectivity index (χ4n) is 2.24. The molecule has 3 heterocycles. The minimum absolute atomic E-state index is 0.0896. The first-order valence-electron chi connectivity index (χ1n) is 6.92. The Morgan fingerprint density at radius 2 is 2.00 bits per heavy atom. The molecule has 0 saturated carbocycles. The molecule has 0 fully saturated rings. The quantitative estimate of drug-likeness (QED) is 0.724. The normalized spacial score (nSPS) is 10.6. The second-order valence-corrected chi connectivity index (χ2v) is 4.94. The third kappa shape index (κ3) is 3.06. The SMILES string of the molecule is Cn1nccc1C(=O)N(Cc1ccncc1)Cc1ccco1. The average Bonchev–Trinajstić information content (AvgIpc) is 3.18. The minimum Gasteiger partial charge on any atom is -0.467 e. The molecule has 3 aromatic heterocycles. The van der Waals surface area contributed by atoms with Crippen LogP contribution in [0, 0.1) is 0 Å². The van der Waals surface area contributed by atoms with Crippen molar-refractivity contribution in [2.75, 3.05) is 0 Å². The highest BCUT2D eigenvalue weighted by Gasteiger charge is 2.20. The Kier molecular flexibility index (Phi) is 4.00. The van der Waals surface area contributed by atoms with Gasteiger partial charge in [0.25, 0.3) is 5.91 Å². The van der Waals surface area contributed by atoms with E-state index in [4.69, 9.17) is 4.42 Å². The number of furan rings is 1. The molecule has 112 valence electrons. The summed E-state index contributed by atoms with van der Waals surface area (Å²) in [7, 11) is 1.75. The van der Waals surface area contributed by atoms with Crippen molar-refractivity contribution in [2.24, 2.45) is 7.05 Å². The topological polar surface area (TPSA) is 64.2 Å². The fraction of sp³-hybridized carbons (Fsp3) is 0.188. The van der Waals surface area contributed by atoms with Crippen molar-refractivity contribution in [3.63, 3.8) is 0 Å². The minimum atomic E-state index is -0.0896. The summed E-state index contributed by atoms with van der Waals surface area (Å²) < 4.78 is 6.94. The largest absolute Gasteiger partial charge is 0.467 e. The maximum atomic E-state index is 12.8. The molecule has 0 aliphatic heterocycles.